The van der Waals surface area contributed by atoms with Crippen LogP contribution in [0.2, 0.25) is 0 Å². The molecule has 1 atom stereocenters. The van der Waals surface area contributed by atoms with Gasteiger partial charge in [-0.3, -0.25) is 9.59 Å². The van der Waals surface area contributed by atoms with Crippen LogP contribution in [0.25, 0.3) is 11.0 Å². The van der Waals surface area contributed by atoms with Gasteiger partial charge < -0.3 is 11.1 Å². The van der Waals surface area contributed by atoms with E-state index < -0.39 is 17.9 Å². The Morgan fingerprint density at radius 1 is 1.16 bits per heavy atom. The van der Waals surface area contributed by atoms with E-state index in [4.69, 9.17) is 5.73 Å². The summed E-state index contributed by atoms with van der Waals surface area (Å²) in [7, 11) is 0. The molecule has 2 amide bonds. The number of carbonyl (C=O) groups excluding carboxylic acids is 2. The first kappa shape index (κ1) is 16.6. The molecule has 2 heterocycles. The summed E-state index contributed by atoms with van der Waals surface area (Å²) in [5.41, 5.74) is 7.12. The molecule has 3 rings (SSSR count). The Bertz CT molecular complexity index is 918. The van der Waals surface area contributed by atoms with Crippen LogP contribution in [0.1, 0.15) is 41.9 Å². The second-order valence-corrected chi connectivity index (χ2v) is 6.04. The topological polar surface area (TPSA) is 103 Å². The molecule has 0 fully saturated rings. The van der Waals surface area contributed by atoms with Gasteiger partial charge in [0.1, 0.15) is 6.04 Å². The van der Waals surface area contributed by atoms with Crippen LogP contribution in [0.3, 0.4) is 0 Å². The van der Waals surface area contributed by atoms with Crippen molar-refractivity contribution in [1.82, 2.24) is 20.1 Å². The molecule has 3 N–H and O–H groups in total. The summed E-state index contributed by atoms with van der Waals surface area (Å²) in [6.07, 6.45) is 3.14. The number of rotatable bonds is 5. The third-order valence-corrected chi connectivity index (χ3v) is 3.88. The van der Waals surface area contributed by atoms with Crippen molar-refractivity contribution in [3.8, 4) is 0 Å². The number of aromatic nitrogens is 3. The minimum absolute atomic E-state index is 0.169. The highest BCUT2D eigenvalue weighted by atomic mass is 16.2. The normalized spacial score (nSPS) is 12.3. The van der Waals surface area contributed by atoms with E-state index in [0.29, 0.717) is 16.8 Å². The van der Waals surface area contributed by atoms with Gasteiger partial charge in [0.25, 0.3) is 5.91 Å². The van der Waals surface area contributed by atoms with Crippen molar-refractivity contribution in [2.75, 3.05) is 0 Å². The van der Waals surface area contributed by atoms with E-state index >= 15 is 0 Å². The Labute approximate surface area is 144 Å². The molecule has 1 aromatic carbocycles. The van der Waals surface area contributed by atoms with E-state index in [0.717, 1.165) is 5.39 Å². The predicted octanol–water partition coefficient (Wildman–Crippen LogP) is 1.97. The van der Waals surface area contributed by atoms with Gasteiger partial charge in [-0.2, -0.15) is 5.10 Å². The fraction of sp³-hybridized carbons (Fsp3) is 0.222. The van der Waals surface area contributed by atoms with Crippen LogP contribution in [-0.2, 0) is 4.79 Å². The van der Waals surface area contributed by atoms with Crippen LogP contribution in [0.4, 0.5) is 0 Å². The quantitative estimate of drug-likeness (QED) is 0.743. The number of carbonyl (C=O) groups is 2. The fourth-order valence-corrected chi connectivity index (χ4v) is 2.62. The highest BCUT2D eigenvalue weighted by Crippen LogP contribution is 2.18. The van der Waals surface area contributed by atoms with E-state index in [1.165, 1.54) is 6.20 Å². The largest absolute Gasteiger partial charge is 0.368 e. The highest BCUT2D eigenvalue weighted by molar-refractivity contribution is 5.99. The van der Waals surface area contributed by atoms with E-state index in [1.54, 1.807) is 41.2 Å². The van der Waals surface area contributed by atoms with Gasteiger partial charge in [-0.25, -0.2) is 9.67 Å². The molecule has 0 bridgehead atoms. The number of amides is 2. The molecule has 7 nitrogen and oxygen atoms in total. The molecule has 128 valence electrons. The lowest BCUT2D eigenvalue weighted by molar-refractivity contribution is -0.120. The number of benzene rings is 1. The van der Waals surface area contributed by atoms with Crippen LogP contribution in [0, 0.1) is 0 Å². The van der Waals surface area contributed by atoms with E-state index in [-0.39, 0.29) is 6.04 Å². The smallest absolute Gasteiger partial charge is 0.253 e. The lowest BCUT2D eigenvalue weighted by Crippen LogP contribution is -2.37. The Balaban J connectivity index is 1.87. The maximum Gasteiger partial charge on any atom is 0.253 e. The van der Waals surface area contributed by atoms with Crippen molar-refractivity contribution < 1.29 is 9.59 Å². The molecule has 0 aliphatic carbocycles. The lowest BCUT2D eigenvalue weighted by Gasteiger charge is -2.15. The molecule has 25 heavy (non-hydrogen) atoms. The first-order valence-electron chi connectivity index (χ1n) is 7.95. The zero-order valence-corrected chi connectivity index (χ0v) is 14.0. The zero-order chi connectivity index (χ0) is 18.0. The summed E-state index contributed by atoms with van der Waals surface area (Å²) in [5.74, 6) is -1.04. The van der Waals surface area contributed by atoms with Gasteiger partial charge in [-0.15, -0.1) is 0 Å². The molecular formula is C18H19N5O2. The standard InChI is InChI=1S/C18H19N5O2/c1-11(2)23-17-13(10-21-23)8-14(9-20-17)18(25)22-15(16(19)24)12-6-4-3-5-7-12/h3-11,15H,1-2H3,(H2,19,24)(H,22,25)/t15-/m0/s1. The second-order valence-electron chi connectivity index (χ2n) is 6.04. The summed E-state index contributed by atoms with van der Waals surface area (Å²) in [5, 5.41) is 7.70. The van der Waals surface area contributed by atoms with E-state index in [2.05, 4.69) is 15.4 Å². The highest BCUT2D eigenvalue weighted by Gasteiger charge is 2.21. The average molecular weight is 337 g/mol. The van der Waals surface area contributed by atoms with Gasteiger partial charge in [0.2, 0.25) is 5.91 Å². The maximum atomic E-state index is 12.5. The molecule has 0 saturated carbocycles. The minimum atomic E-state index is -0.900. The Morgan fingerprint density at radius 3 is 2.52 bits per heavy atom. The molecule has 3 aromatic rings. The van der Waals surface area contributed by atoms with E-state index in [9.17, 15) is 9.59 Å². The predicted molar refractivity (Wildman–Crippen MR) is 93.8 cm³/mol. The Morgan fingerprint density at radius 2 is 1.88 bits per heavy atom. The van der Waals surface area contributed by atoms with Crippen LogP contribution in [0.15, 0.2) is 48.8 Å². The van der Waals surface area contributed by atoms with Crippen LogP contribution < -0.4 is 11.1 Å². The first-order valence-corrected chi connectivity index (χ1v) is 7.95. The second kappa shape index (κ2) is 6.72. The SMILES string of the molecule is CC(C)n1ncc2cc(C(=O)N[C@H](C(N)=O)c3ccccc3)cnc21. The number of nitrogens with zero attached hydrogens (tertiary/aromatic N) is 3. The molecule has 0 spiro atoms. The average Bonchev–Trinajstić information content (AvgIpc) is 3.03. The van der Waals surface area contributed by atoms with Gasteiger partial charge in [-0.1, -0.05) is 30.3 Å². The molecule has 2 aromatic heterocycles. The summed E-state index contributed by atoms with van der Waals surface area (Å²) in [6, 6.07) is 9.84. The number of nitrogens with one attached hydrogen (secondary N) is 1. The summed E-state index contributed by atoms with van der Waals surface area (Å²) >= 11 is 0. The van der Waals surface area contributed by atoms with Crippen LogP contribution in [-0.4, -0.2) is 26.6 Å². The van der Waals surface area contributed by atoms with Crippen LogP contribution in [0.5, 0.6) is 0 Å². The molecule has 7 heteroatoms. The maximum absolute atomic E-state index is 12.5. The number of fused-ring (bicyclic) bond motifs is 1. The number of hydrogen-bond donors (Lipinski definition) is 2. The van der Waals surface area contributed by atoms with Crippen molar-refractivity contribution in [1.29, 1.82) is 0 Å². The fourth-order valence-electron chi connectivity index (χ4n) is 2.62. The van der Waals surface area contributed by atoms with Gasteiger partial charge >= 0.3 is 0 Å². The molecular weight excluding hydrogens is 318 g/mol. The van der Waals surface area contributed by atoms with Gasteiger partial charge in [-0.05, 0) is 25.5 Å². The van der Waals surface area contributed by atoms with Crippen molar-refractivity contribution in [3.63, 3.8) is 0 Å². The number of primary amides is 1. The van der Waals surface area contributed by atoms with Crippen molar-refractivity contribution in [2.45, 2.75) is 25.9 Å². The summed E-state index contributed by atoms with van der Waals surface area (Å²) in [6.45, 7) is 4.01. The van der Waals surface area contributed by atoms with Gasteiger partial charge in [0.05, 0.1) is 11.8 Å². The van der Waals surface area contributed by atoms with Crippen molar-refractivity contribution in [3.05, 3.63) is 59.9 Å². The number of pyridine rings is 1. The molecule has 0 saturated heterocycles. The van der Waals surface area contributed by atoms with Crippen molar-refractivity contribution in [2.24, 2.45) is 5.73 Å². The minimum Gasteiger partial charge on any atom is -0.368 e. The summed E-state index contributed by atoms with van der Waals surface area (Å²) in [4.78, 5) is 28.6. The molecule has 0 unspecified atom stereocenters. The Hall–Kier alpha value is -3.22. The number of nitrogens with two attached hydrogens (primary N) is 1. The molecule has 0 aliphatic rings. The van der Waals surface area contributed by atoms with Crippen LogP contribution >= 0.6 is 0 Å². The molecule has 0 radical (unpaired) electrons. The van der Waals surface area contributed by atoms with Gasteiger partial charge in [0.15, 0.2) is 5.65 Å². The third kappa shape index (κ3) is 3.35. The molecule has 0 aliphatic heterocycles. The lowest BCUT2D eigenvalue weighted by atomic mass is 10.1. The monoisotopic (exact) mass is 337 g/mol. The van der Waals surface area contributed by atoms with Gasteiger partial charge in [0, 0.05) is 17.6 Å². The Kier molecular flexibility index (Phi) is 4.47. The number of hydrogen-bond acceptors (Lipinski definition) is 4. The zero-order valence-electron chi connectivity index (χ0n) is 14.0. The summed E-state index contributed by atoms with van der Waals surface area (Å²) < 4.78 is 1.78. The first-order chi connectivity index (χ1) is 12.0. The van der Waals surface area contributed by atoms with Crippen molar-refractivity contribution >= 4 is 22.8 Å². The third-order valence-electron chi connectivity index (χ3n) is 3.88. The van der Waals surface area contributed by atoms with E-state index in [1.807, 2.05) is 19.9 Å².